The zero-order valence-corrected chi connectivity index (χ0v) is 15.6. The van der Waals surface area contributed by atoms with Gasteiger partial charge in [-0.3, -0.25) is 4.99 Å². The van der Waals surface area contributed by atoms with Gasteiger partial charge in [0.25, 0.3) is 0 Å². The molecule has 0 radical (unpaired) electrons. The Morgan fingerprint density at radius 1 is 1.16 bits per heavy atom. The van der Waals surface area contributed by atoms with Crippen LogP contribution in [0.5, 0.6) is 11.5 Å². The van der Waals surface area contributed by atoms with Crippen molar-refractivity contribution in [2.75, 3.05) is 65.9 Å². The van der Waals surface area contributed by atoms with Crippen molar-refractivity contribution < 1.29 is 9.47 Å². The Morgan fingerprint density at radius 2 is 1.96 bits per heavy atom. The largest absolute Gasteiger partial charge is 0.493 e. The zero-order chi connectivity index (χ0) is 18.1. The highest BCUT2D eigenvalue weighted by atomic mass is 16.5. The fourth-order valence-electron chi connectivity index (χ4n) is 2.92. The van der Waals surface area contributed by atoms with Crippen molar-refractivity contribution in [2.24, 2.45) is 10.7 Å². The standard InChI is InChI=1S/C18H31N5O2/c1-22-9-5-11-23(13-12-22)10-4-8-20-18(19)21-15-6-7-16(24-2)17(14-15)25-3/h6-7,14H,4-5,8-13H2,1-3H3,(H3,19,20,21). The quantitative estimate of drug-likeness (QED) is 0.441. The van der Waals surface area contributed by atoms with Gasteiger partial charge in [0.1, 0.15) is 0 Å². The second-order valence-corrected chi connectivity index (χ2v) is 6.31. The second kappa shape index (κ2) is 10.1. The number of aliphatic imine (C=N–C) groups is 1. The van der Waals surface area contributed by atoms with Gasteiger partial charge < -0.3 is 30.3 Å². The first kappa shape index (κ1) is 19.3. The number of benzene rings is 1. The van der Waals surface area contributed by atoms with Crippen LogP contribution in [0.15, 0.2) is 23.2 Å². The lowest BCUT2D eigenvalue weighted by atomic mass is 10.3. The van der Waals surface area contributed by atoms with E-state index in [0.717, 1.165) is 38.3 Å². The van der Waals surface area contributed by atoms with Gasteiger partial charge in [0.2, 0.25) is 0 Å². The monoisotopic (exact) mass is 349 g/mol. The highest BCUT2D eigenvalue weighted by Crippen LogP contribution is 2.29. The Kier molecular flexibility index (Phi) is 7.81. The van der Waals surface area contributed by atoms with Gasteiger partial charge in [-0.05, 0) is 51.7 Å². The number of guanidine groups is 1. The molecule has 140 valence electrons. The summed E-state index contributed by atoms with van der Waals surface area (Å²) in [6.07, 6.45) is 2.25. The molecule has 0 atom stereocenters. The summed E-state index contributed by atoms with van der Waals surface area (Å²) in [5.74, 6) is 1.76. The molecule has 0 amide bonds. The Hall–Kier alpha value is -1.99. The summed E-state index contributed by atoms with van der Waals surface area (Å²) in [6.45, 7) is 6.44. The third-order valence-corrected chi connectivity index (χ3v) is 4.38. The number of rotatable bonds is 7. The summed E-state index contributed by atoms with van der Waals surface area (Å²) in [4.78, 5) is 9.32. The third-order valence-electron chi connectivity index (χ3n) is 4.38. The SMILES string of the molecule is COc1ccc(NC(N)=NCCCN2CCCN(C)CC2)cc1OC. The van der Waals surface area contributed by atoms with E-state index in [0.29, 0.717) is 17.5 Å². The van der Waals surface area contributed by atoms with E-state index in [1.54, 1.807) is 14.2 Å². The minimum Gasteiger partial charge on any atom is -0.493 e. The van der Waals surface area contributed by atoms with Crippen LogP contribution in [0, 0.1) is 0 Å². The summed E-state index contributed by atoms with van der Waals surface area (Å²) in [6, 6.07) is 5.57. The van der Waals surface area contributed by atoms with Crippen molar-refractivity contribution in [3.05, 3.63) is 18.2 Å². The van der Waals surface area contributed by atoms with Crippen LogP contribution in [0.1, 0.15) is 12.8 Å². The maximum atomic E-state index is 5.98. The molecule has 1 fully saturated rings. The van der Waals surface area contributed by atoms with Crippen LogP contribution < -0.4 is 20.5 Å². The summed E-state index contributed by atoms with van der Waals surface area (Å²) in [7, 11) is 5.41. The minimum absolute atomic E-state index is 0.419. The summed E-state index contributed by atoms with van der Waals surface area (Å²) in [5, 5.41) is 3.09. The molecule has 25 heavy (non-hydrogen) atoms. The smallest absolute Gasteiger partial charge is 0.193 e. The van der Waals surface area contributed by atoms with E-state index < -0.39 is 0 Å². The van der Waals surface area contributed by atoms with Crippen LogP contribution in [0.4, 0.5) is 5.69 Å². The van der Waals surface area contributed by atoms with Crippen LogP contribution in [0.3, 0.4) is 0 Å². The number of ether oxygens (including phenoxy) is 2. The lowest BCUT2D eigenvalue weighted by Crippen LogP contribution is -2.30. The first-order chi connectivity index (χ1) is 12.1. The predicted octanol–water partition coefficient (Wildman–Crippen LogP) is 1.46. The molecule has 0 aliphatic carbocycles. The molecule has 1 saturated heterocycles. The summed E-state index contributed by atoms with van der Waals surface area (Å²) < 4.78 is 10.5. The molecular weight excluding hydrogens is 318 g/mol. The molecule has 2 rings (SSSR count). The van der Waals surface area contributed by atoms with E-state index in [1.807, 2.05) is 18.2 Å². The number of hydrogen-bond donors (Lipinski definition) is 2. The highest BCUT2D eigenvalue weighted by Gasteiger charge is 2.11. The Bertz CT molecular complexity index is 564. The molecular formula is C18H31N5O2. The van der Waals surface area contributed by atoms with Crippen molar-refractivity contribution in [3.8, 4) is 11.5 Å². The Balaban J connectivity index is 1.76. The Morgan fingerprint density at radius 3 is 2.72 bits per heavy atom. The molecule has 1 aliphatic rings. The third kappa shape index (κ3) is 6.43. The van der Waals surface area contributed by atoms with Crippen molar-refractivity contribution in [2.45, 2.75) is 12.8 Å². The van der Waals surface area contributed by atoms with Gasteiger partial charge >= 0.3 is 0 Å². The van der Waals surface area contributed by atoms with Gasteiger partial charge in [-0.15, -0.1) is 0 Å². The van der Waals surface area contributed by atoms with E-state index in [2.05, 4.69) is 27.2 Å². The maximum absolute atomic E-state index is 5.98. The number of nitrogens with two attached hydrogens (primary N) is 1. The predicted molar refractivity (Wildman–Crippen MR) is 103 cm³/mol. The molecule has 1 aromatic carbocycles. The summed E-state index contributed by atoms with van der Waals surface area (Å²) in [5.41, 5.74) is 6.80. The molecule has 0 bridgehead atoms. The average Bonchev–Trinajstić information content (AvgIpc) is 2.83. The van der Waals surface area contributed by atoms with Gasteiger partial charge in [-0.25, -0.2) is 0 Å². The van der Waals surface area contributed by atoms with E-state index in [-0.39, 0.29) is 0 Å². The first-order valence-corrected chi connectivity index (χ1v) is 8.82. The van der Waals surface area contributed by atoms with Crippen molar-refractivity contribution in [3.63, 3.8) is 0 Å². The van der Waals surface area contributed by atoms with Crippen LogP contribution >= 0.6 is 0 Å². The molecule has 3 N–H and O–H groups in total. The van der Waals surface area contributed by atoms with E-state index in [9.17, 15) is 0 Å². The zero-order valence-electron chi connectivity index (χ0n) is 15.6. The van der Waals surface area contributed by atoms with Crippen LogP contribution in [-0.2, 0) is 0 Å². The van der Waals surface area contributed by atoms with Gasteiger partial charge in [-0.1, -0.05) is 0 Å². The number of methoxy groups -OCH3 is 2. The lowest BCUT2D eigenvalue weighted by Gasteiger charge is -2.19. The summed E-state index contributed by atoms with van der Waals surface area (Å²) >= 11 is 0. The molecule has 0 aromatic heterocycles. The average molecular weight is 349 g/mol. The second-order valence-electron chi connectivity index (χ2n) is 6.31. The molecule has 1 aromatic rings. The molecule has 0 unspecified atom stereocenters. The topological polar surface area (TPSA) is 75.4 Å². The molecule has 1 aliphatic heterocycles. The van der Waals surface area contributed by atoms with Crippen molar-refractivity contribution >= 4 is 11.6 Å². The van der Waals surface area contributed by atoms with Crippen molar-refractivity contribution in [1.82, 2.24) is 9.80 Å². The fraction of sp³-hybridized carbons (Fsp3) is 0.611. The number of likely N-dealkylation sites (N-methyl/N-ethyl adjacent to an activating group) is 1. The highest BCUT2D eigenvalue weighted by molar-refractivity contribution is 5.92. The Labute approximate surface area is 150 Å². The van der Waals surface area contributed by atoms with E-state index in [1.165, 1.54) is 19.5 Å². The van der Waals surface area contributed by atoms with Gasteiger partial charge in [0, 0.05) is 31.4 Å². The first-order valence-electron chi connectivity index (χ1n) is 8.82. The van der Waals surface area contributed by atoms with Gasteiger partial charge in [0.05, 0.1) is 14.2 Å². The van der Waals surface area contributed by atoms with Crippen LogP contribution in [0.2, 0.25) is 0 Å². The van der Waals surface area contributed by atoms with E-state index in [4.69, 9.17) is 15.2 Å². The van der Waals surface area contributed by atoms with Crippen LogP contribution in [0.25, 0.3) is 0 Å². The lowest BCUT2D eigenvalue weighted by molar-refractivity contribution is 0.275. The fourth-order valence-corrected chi connectivity index (χ4v) is 2.92. The molecule has 0 saturated carbocycles. The molecule has 1 heterocycles. The molecule has 0 spiro atoms. The van der Waals surface area contributed by atoms with Crippen molar-refractivity contribution in [1.29, 1.82) is 0 Å². The minimum atomic E-state index is 0.419. The maximum Gasteiger partial charge on any atom is 0.193 e. The van der Waals surface area contributed by atoms with E-state index >= 15 is 0 Å². The molecule has 7 heteroatoms. The normalized spacial score (nSPS) is 17.2. The van der Waals surface area contributed by atoms with Gasteiger partial charge in [-0.2, -0.15) is 0 Å². The number of nitrogens with one attached hydrogen (secondary N) is 1. The number of nitrogens with zero attached hydrogens (tertiary/aromatic N) is 3. The number of anilines is 1. The molecule has 7 nitrogen and oxygen atoms in total. The number of hydrogen-bond acceptors (Lipinski definition) is 5. The van der Waals surface area contributed by atoms with Crippen LogP contribution in [-0.4, -0.2) is 76.3 Å². The van der Waals surface area contributed by atoms with Gasteiger partial charge in [0.15, 0.2) is 17.5 Å².